The van der Waals surface area contributed by atoms with Gasteiger partial charge < -0.3 is 4.98 Å². The van der Waals surface area contributed by atoms with E-state index in [1.54, 1.807) is 12.4 Å². The van der Waals surface area contributed by atoms with Gasteiger partial charge in [0.1, 0.15) is 5.65 Å². The van der Waals surface area contributed by atoms with Crippen LogP contribution in [-0.4, -0.2) is 15.8 Å². The highest BCUT2D eigenvalue weighted by Gasteiger charge is 2.14. The zero-order valence-electron chi connectivity index (χ0n) is 12.3. The zero-order valence-corrected chi connectivity index (χ0v) is 12.3. The lowest BCUT2D eigenvalue weighted by Gasteiger charge is -2.06. The first-order chi connectivity index (χ1) is 10.1. The van der Waals surface area contributed by atoms with Gasteiger partial charge in [-0.05, 0) is 30.0 Å². The van der Waals surface area contributed by atoms with Crippen LogP contribution in [0.4, 0.5) is 0 Å². The number of aromatic nitrogens is 2. The van der Waals surface area contributed by atoms with Crippen LogP contribution >= 0.6 is 0 Å². The first-order valence-electron chi connectivity index (χ1n) is 7.21. The van der Waals surface area contributed by atoms with E-state index in [0.717, 1.165) is 17.5 Å². The van der Waals surface area contributed by atoms with Crippen molar-refractivity contribution in [2.45, 2.75) is 20.3 Å². The number of fused-ring (bicyclic) bond motifs is 1. The number of ketones is 1. The highest BCUT2D eigenvalue weighted by Crippen LogP contribution is 2.20. The Morgan fingerprint density at radius 2 is 1.95 bits per heavy atom. The molecule has 3 heteroatoms. The molecule has 1 aromatic carbocycles. The van der Waals surface area contributed by atoms with Crippen molar-refractivity contribution in [2.75, 3.05) is 0 Å². The van der Waals surface area contributed by atoms with Crippen LogP contribution in [0.3, 0.4) is 0 Å². The molecule has 2 heterocycles. The smallest absolute Gasteiger partial charge is 0.195 e. The summed E-state index contributed by atoms with van der Waals surface area (Å²) in [5.74, 6) is 0.650. The van der Waals surface area contributed by atoms with Crippen LogP contribution in [0.2, 0.25) is 0 Å². The molecule has 2 aromatic heterocycles. The van der Waals surface area contributed by atoms with E-state index in [9.17, 15) is 4.79 Å². The van der Waals surface area contributed by atoms with Gasteiger partial charge in [0.2, 0.25) is 0 Å². The third-order valence-corrected chi connectivity index (χ3v) is 3.56. The lowest BCUT2D eigenvalue weighted by Crippen LogP contribution is -2.01. The Kier molecular flexibility index (Phi) is 3.57. The summed E-state index contributed by atoms with van der Waals surface area (Å²) < 4.78 is 0. The zero-order chi connectivity index (χ0) is 14.8. The fourth-order valence-corrected chi connectivity index (χ4v) is 2.56. The average molecular weight is 278 g/mol. The van der Waals surface area contributed by atoms with Gasteiger partial charge in [0.25, 0.3) is 0 Å². The molecule has 0 saturated heterocycles. The molecule has 0 amide bonds. The molecule has 21 heavy (non-hydrogen) atoms. The maximum atomic E-state index is 12.6. The highest BCUT2D eigenvalue weighted by atomic mass is 16.1. The SMILES string of the molecule is CC(C)Cc1ccc(C(=O)c2c[nH]c3ncccc23)cc1. The van der Waals surface area contributed by atoms with Crippen LogP contribution in [-0.2, 0) is 6.42 Å². The standard InChI is InChI=1S/C18H18N2O/c1-12(2)10-13-5-7-14(8-6-13)17(21)16-11-20-18-15(16)4-3-9-19-18/h3-9,11-12H,10H2,1-2H3,(H,19,20). The second-order valence-corrected chi connectivity index (χ2v) is 5.73. The first kappa shape index (κ1) is 13.6. The summed E-state index contributed by atoms with van der Waals surface area (Å²) in [6.45, 7) is 4.38. The number of H-pyrrole nitrogens is 1. The quantitative estimate of drug-likeness (QED) is 0.733. The molecule has 0 aliphatic carbocycles. The Hall–Kier alpha value is -2.42. The van der Waals surface area contributed by atoms with Crippen LogP contribution in [0, 0.1) is 5.92 Å². The minimum Gasteiger partial charge on any atom is -0.345 e. The van der Waals surface area contributed by atoms with E-state index in [-0.39, 0.29) is 5.78 Å². The molecule has 3 rings (SSSR count). The summed E-state index contributed by atoms with van der Waals surface area (Å²) in [4.78, 5) is 19.9. The maximum absolute atomic E-state index is 12.6. The lowest BCUT2D eigenvalue weighted by molar-refractivity contribution is 0.104. The van der Waals surface area contributed by atoms with Gasteiger partial charge in [-0.2, -0.15) is 0 Å². The van der Waals surface area contributed by atoms with Gasteiger partial charge in [0.15, 0.2) is 5.78 Å². The minimum atomic E-state index is 0.0327. The molecule has 3 nitrogen and oxygen atoms in total. The predicted molar refractivity (Wildman–Crippen MR) is 84.5 cm³/mol. The molecule has 0 unspecified atom stereocenters. The molecule has 0 fully saturated rings. The Labute approximate surface area is 124 Å². The van der Waals surface area contributed by atoms with E-state index >= 15 is 0 Å². The summed E-state index contributed by atoms with van der Waals surface area (Å²) in [5, 5.41) is 0.869. The van der Waals surface area contributed by atoms with Crippen LogP contribution in [0.15, 0.2) is 48.8 Å². The summed E-state index contributed by atoms with van der Waals surface area (Å²) in [7, 11) is 0. The van der Waals surface area contributed by atoms with Gasteiger partial charge in [-0.3, -0.25) is 4.79 Å². The van der Waals surface area contributed by atoms with E-state index in [1.165, 1.54) is 5.56 Å². The number of nitrogens with zero attached hydrogens (tertiary/aromatic N) is 1. The van der Waals surface area contributed by atoms with E-state index in [4.69, 9.17) is 0 Å². The monoisotopic (exact) mass is 278 g/mol. The summed E-state index contributed by atoms with van der Waals surface area (Å²) >= 11 is 0. The number of hydrogen-bond acceptors (Lipinski definition) is 2. The number of aromatic amines is 1. The Morgan fingerprint density at radius 1 is 1.19 bits per heavy atom. The van der Waals surface area contributed by atoms with Gasteiger partial charge in [-0.25, -0.2) is 4.98 Å². The number of pyridine rings is 1. The Morgan fingerprint density at radius 3 is 2.67 bits per heavy atom. The van der Waals surface area contributed by atoms with Crippen molar-refractivity contribution in [2.24, 2.45) is 5.92 Å². The van der Waals surface area contributed by atoms with Crippen molar-refractivity contribution in [1.29, 1.82) is 0 Å². The molecule has 0 radical (unpaired) electrons. The topological polar surface area (TPSA) is 45.8 Å². The molecule has 0 bridgehead atoms. The molecule has 0 saturated carbocycles. The van der Waals surface area contributed by atoms with Crippen molar-refractivity contribution in [3.8, 4) is 0 Å². The lowest BCUT2D eigenvalue weighted by atomic mass is 9.98. The van der Waals surface area contributed by atoms with Gasteiger partial charge in [0, 0.05) is 28.9 Å². The largest absolute Gasteiger partial charge is 0.345 e. The first-order valence-corrected chi connectivity index (χ1v) is 7.21. The van der Waals surface area contributed by atoms with Crippen LogP contribution in [0.1, 0.15) is 35.3 Å². The Balaban J connectivity index is 1.91. The van der Waals surface area contributed by atoms with E-state index in [2.05, 4.69) is 23.8 Å². The minimum absolute atomic E-state index is 0.0327. The molecule has 0 aliphatic heterocycles. The van der Waals surface area contributed by atoms with Crippen molar-refractivity contribution >= 4 is 16.8 Å². The van der Waals surface area contributed by atoms with E-state index < -0.39 is 0 Å². The number of carbonyl (C=O) groups excluding carboxylic acids is 1. The second-order valence-electron chi connectivity index (χ2n) is 5.73. The number of carbonyl (C=O) groups is 1. The van der Waals surface area contributed by atoms with Crippen molar-refractivity contribution in [3.05, 3.63) is 65.5 Å². The number of rotatable bonds is 4. The number of benzene rings is 1. The summed E-state index contributed by atoms with van der Waals surface area (Å²) in [6.07, 6.45) is 4.49. The highest BCUT2D eigenvalue weighted by molar-refractivity contribution is 6.15. The van der Waals surface area contributed by atoms with Crippen molar-refractivity contribution in [3.63, 3.8) is 0 Å². The van der Waals surface area contributed by atoms with E-state index in [0.29, 0.717) is 17.0 Å². The number of hydrogen-bond donors (Lipinski definition) is 1. The summed E-state index contributed by atoms with van der Waals surface area (Å²) in [5.41, 5.74) is 3.40. The van der Waals surface area contributed by atoms with E-state index in [1.807, 2.05) is 36.4 Å². The third kappa shape index (κ3) is 2.72. The molecule has 0 aliphatic rings. The van der Waals surface area contributed by atoms with Crippen LogP contribution in [0.5, 0.6) is 0 Å². The summed E-state index contributed by atoms with van der Waals surface area (Å²) in [6, 6.07) is 11.7. The Bertz CT molecular complexity index is 769. The fraction of sp³-hybridized carbons (Fsp3) is 0.222. The maximum Gasteiger partial charge on any atom is 0.195 e. The molecular weight excluding hydrogens is 260 g/mol. The van der Waals surface area contributed by atoms with Gasteiger partial charge in [0.05, 0.1) is 0 Å². The fourth-order valence-electron chi connectivity index (χ4n) is 2.56. The average Bonchev–Trinajstić information content (AvgIpc) is 2.90. The predicted octanol–water partition coefficient (Wildman–Crippen LogP) is 3.99. The molecule has 0 spiro atoms. The van der Waals surface area contributed by atoms with Gasteiger partial charge >= 0.3 is 0 Å². The van der Waals surface area contributed by atoms with Crippen molar-refractivity contribution in [1.82, 2.24) is 9.97 Å². The van der Waals surface area contributed by atoms with Crippen LogP contribution < -0.4 is 0 Å². The second kappa shape index (κ2) is 5.52. The third-order valence-electron chi connectivity index (χ3n) is 3.56. The van der Waals surface area contributed by atoms with Crippen molar-refractivity contribution < 1.29 is 4.79 Å². The number of nitrogens with one attached hydrogen (secondary N) is 1. The van der Waals surface area contributed by atoms with Gasteiger partial charge in [-0.15, -0.1) is 0 Å². The molecule has 106 valence electrons. The normalized spacial score (nSPS) is 11.2. The van der Waals surface area contributed by atoms with Gasteiger partial charge in [-0.1, -0.05) is 38.1 Å². The molecule has 3 aromatic rings. The van der Waals surface area contributed by atoms with Crippen LogP contribution in [0.25, 0.3) is 11.0 Å². The molecule has 1 N–H and O–H groups in total. The molecule has 0 atom stereocenters. The molecular formula is C18H18N2O.